The van der Waals surface area contributed by atoms with E-state index < -0.39 is 38.6 Å². The van der Waals surface area contributed by atoms with E-state index in [9.17, 15) is 24.5 Å². The van der Waals surface area contributed by atoms with Crippen LogP contribution in [0.5, 0.6) is 0 Å². The first-order valence-corrected chi connectivity index (χ1v) is 14.0. The van der Waals surface area contributed by atoms with Crippen molar-refractivity contribution < 1.29 is 28.8 Å². The summed E-state index contributed by atoms with van der Waals surface area (Å²) in [5, 5.41) is 16.3. The molecule has 1 aromatic carbocycles. The van der Waals surface area contributed by atoms with Crippen LogP contribution in [0.3, 0.4) is 0 Å². The van der Waals surface area contributed by atoms with Crippen LogP contribution in [0, 0.1) is 17.0 Å². The minimum Gasteiger partial charge on any atom is -0.456 e. The molecule has 0 radical (unpaired) electrons. The number of nitrogens with zero attached hydrogens (tertiary/aromatic N) is 6. The lowest BCUT2D eigenvalue weighted by molar-refractivity contribution is -0.384. The number of alkyl halides is 1. The fourth-order valence-corrected chi connectivity index (χ4v) is 7.41. The Morgan fingerprint density at radius 3 is 2.73 bits per heavy atom. The number of carbonyl (C=O) groups excluding carboxylic acids is 3. The molecule has 6 rings (SSSR count). The second-order valence-corrected chi connectivity index (χ2v) is 11.8. The largest absolute Gasteiger partial charge is 0.456 e. The van der Waals surface area contributed by atoms with Crippen molar-refractivity contribution in [3.05, 3.63) is 73.8 Å². The van der Waals surface area contributed by atoms with Crippen LogP contribution < -0.4 is 0 Å². The van der Waals surface area contributed by atoms with Gasteiger partial charge in [-0.3, -0.25) is 24.6 Å². The Bertz CT molecular complexity index is 1640. The molecule has 0 bridgehead atoms. The number of halogens is 1. The number of amides is 1. The number of hydrogen-bond acceptors (Lipinski definition) is 11. The van der Waals surface area contributed by atoms with Gasteiger partial charge >= 0.3 is 11.9 Å². The van der Waals surface area contributed by atoms with Gasteiger partial charge in [0.05, 0.1) is 10.6 Å². The van der Waals surface area contributed by atoms with Gasteiger partial charge < -0.3 is 9.47 Å². The number of benzene rings is 1. The second-order valence-electron chi connectivity index (χ2n) is 9.58. The quantitative estimate of drug-likeness (QED) is 0.124. The zero-order valence-corrected chi connectivity index (χ0v) is 23.6. The van der Waals surface area contributed by atoms with E-state index in [2.05, 4.69) is 31.0 Å². The summed E-state index contributed by atoms with van der Waals surface area (Å²) in [6, 6.07) is 5.61. The highest BCUT2D eigenvalue weighted by Gasteiger charge is 2.69. The van der Waals surface area contributed by atoms with Gasteiger partial charge in [-0.2, -0.15) is 4.98 Å². The molecule has 2 aromatic heterocycles. The smallest absolute Gasteiger partial charge is 0.355 e. The highest BCUT2D eigenvalue weighted by Crippen LogP contribution is 2.57. The Balaban J connectivity index is 1.23. The van der Waals surface area contributed by atoms with Crippen LogP contribution in [0.25, 0.3) is 5.78 Å². The van der Waals surface area contributed by atoms with Crippen LogP contribution in [0.1, 0.15) is 47.8 Å². The van der Waals surface area contributed by atoms with Crippen molar-refractivity contribution in [3.63, 3.8) is 0 Å². The van der Waals surface area contributed by atoms with Crippen LogP contribution in [-0.2, 0) is 43.3 Å². The molecule has 2 unspecified atom stereocenters. The molecule has 1 saturated heterocycles. The lowest BCUT2D eigenvalue weighted by atomic mass is 9.90. The van der Waals surface area contributed by atoms with Crippen LogP contribution in [0.4, 0.5) is 5.69 Å². The van der Waals surface area contributed by atoms with Gasteiger partial charge in [0.25, 0.3) is 17.4 Å². The number of aromatic nitrogens is 4. The number of hydrogen-bond donors (Lipinski definition) is 0. The van der Waals surface area contributed by atoms with Gasteiger partial charge in [-0.15, -0.1) is 16.9 Å². The first-order valence-electron chi connectivity index (χ1n) is 12.3. The Kier molecular flexibility index (Phi) is 6.37. The Hall–Kier alpha value is -3.85. The van der Waals surface area contributed by atoms with Crippen LogP contribution in [-0.4, -0.2) is 56.9 Å². The summed E-state index contributed by atoms with van der Waals surface area (Å²) in [5.41, 5.74) is 3.51. The van der Waals surface area contributed by atoms with Gasteiger partial charge in [0.15, 0.2) is 16.3 Å². The van der Waals surface area contributed by atoms with Crippen molar-refractivity contribution in [1.29, 1.82) is 0 Å². The van der Waals surface area contributed by atoms with E-state index >= 15 is 0 Å². The number of rotatable bonds is 7. The zero-order chi connectivity index (χ0) is 28.3. The molecule has 15 heteroatoms. The number of aryl methyl sites for hydroxylation is 2. The van der Waals surface area contributed by atoms with Gasteiger partial charge in [0, 0.05) is 30.2 Å². The number of esters is 2. The number of nitro benzene ring substituents is 1. The van der Waals surface area contributed by atoms with E-state index in [0.717, 1.165) is 36.2 Å². The Morgan fingerprint density at radius 2 is 2.02 bits per heavy atom. The molecule has 3 aromatic rings. The minimum atomic E-state index is -1.44. The number of non-ortho nitro benzene ring substituents is 1. The standard InChI is InChI=1S/C25H21BrN6O7S/c1-12-16-4-3-5-17(16)31-24(27-12)28-20(29-31)19(39-13(2)33)25(26)22(35)30-18(11-40-23(25)30)21(34)38-10-14-6-8-15(9-7-14)32(36)37/h6-9,11,19,23H,3-5,10H2,1-2H3/t19?,23-,25?/m1/s1. The van der Waals surface area contributed by atoms with Gasteiger partial charge in [-0.1, -0.05) is 15.9 Å². The molecule has 40 heavy (non-hydrogen) atoms. The fraction of sp³-hybridized carbons (Fsp3) is 0.360. The van der Waals surface area contributed by atoms with Gasteiger partial charge in [0.2, 0.25) is 0 Å². The zero-order valence-electron chi connectivity index (χ0n) is 21.2. The number of ether oxygens (including phenoxy) is 2. The summed E-state index contributed by atoms with van der Waals surface area (Å²) in [5.74, 6) is -1.39. The summed E-state index contributed by atoms with van der Waals surface area (Å²) in [6.07, 6.45) is 1.50. The van der Waals surface area contributed by atoms with Crippen molar-refractivity contribution in [2.45, 2.75) is 55.5 Å². The van der Waals surface area contributed by atoms with Crippen molar-refractivity contribution in [2.75, 3.05) is 0 Å². The van der Waals surface area contributed by atoms with Crippen LogP contribution >= 0.6 is 27.7 Å². The molecule has 3 atom stereocenters. The van der Waals surface area contributed by atoms with Gasteiger partial charge in [-0.05, 0) is 49.4 Å². The molecule has 0 saturated carbocycles. The van der Waals surface area contributed by atoms with Crippen LogP contribution in [0.15, 0.2) is 35.4 Å². The van der Waals surface area contributed by atoms with Crippen molar-refractivity contribution in [1.82, 2.24) is 24.5 Å². The van der Waals surface area contributed by atoms with E-state index in [4.69, 9.17) is 9.47 Å². The summed E-state index contributed by atoms with van der Waals surface area (Å²) in [6.45, 7) is 3.02. The maximum Gasteiger partial charge on any atom is 0.355 e. The number of thioether (sulfide) groups is 1. The average molecular weight is 629 g/mol. The topological polar surface area (TPSA) is 159 Å². The lowest BCUT2D eigenvalue weighted by Gasteiger charge is -2.50. The summed E-state index contributed by atoms with van der Waals surface area (Å²) >= 11 is 4.73. The summed E-state index contributed by atoms with van der Waals surface area (Å²) < 4.78 is 11.2. The number of fused-ring (bicyclic) bond motifs is 4. The second kappa shape index (κ2) is 9.66. The molecule has 3 aliphatic rings. The molecule has 0 spiro atoms. The van der Waals surface area contributed by atoms with Gasteiger partial charge in [0.1, 0.15) is 17.7 Å². The van der Waals surface area contributed by atoms with Crippen molar-refractivity contribution in [2.24, 2.45) is 0 Å². The molecule has 1 amide bonds. The SMILES string of the molecule is CC(=O)OC(c1nc2nc(C)c3c(n2n1)CCC3)C1(Br)C(=O)N2C(C(=O)OCc3ccc([N+](=O)[O-])cc3)=CS[C@@H]21. The third-order valence-corrected chi connectivity index (χ3v) is 9.78. The summed E-state index contributed by atoms with van der Waals surface area (Å²) in [7, 11) is 0. The number of nitro groups is 1. The Morgan fingerprint density at radius 1 is 1.27 bits per heavy atom. The van der Waals surface area contributed by atoms with Crippen molar-refractivity contribution in [3.8, 4) is 0 Å². The molecular weight excluding hydrogens is 608 g/mol. The molecular formula is C25H21BrN6O7S. The minimum absolute atomic E-state index is 0.0385. The maximum absolute atomic E-state index is 13.6. The molecule has 206 valence electrons. The predicted octanol–water partition coefficient (Wildman–Crippen LogP) is 3.07. The molecule has 1 aliphatic carbocycles. The lowest BCUT2D eigenvalue weighted by Crippen LogP contribution is -2.70. The molecule has 1 fully saturated rings. The number of carbonyl (C=O) groups is 3. The summed E-state index contributed by atoms with van der Waals surface area (Å²) in [4.78, 5) is 59.3. The molecule has 13 nitrogen and oxygen atoms in total. The monoisotopic (exact) mass is 628 g/mol. The van der Waals surface area contributed by atoms with Gasteiger partial charge in [-0.25, -0.2) is 14.3 Å². The number of β-lactam (4-membered cyclic amide) rings is 1. The normalized spacial score (nSPS) is 21.9. The molecule has 2 aliphatic heterocycles. The van der Waals surface area contributed by atoms with E-state index in [1.165, 1.54) is 53.3 Å². The van der Waals surface area contributed by atoms with Crippen molar-refractivity contribution >= 4 is 57.0 Å². The van der Waals surface area contributed by atoms with E-state index in [1.807, 2.05) is 6.92 Å². The molecule has 4 heterocycles. The highest BCUT2D eigenvalue weighted by atomic mass is 79.9. The molecule has 0 N–H and O–H groups in total. The fourth-order valence-electron chi connectivity index (χ4n) is 5.17. The van der Waals surface area contributed by atoms with E-state index in [1.54, 1.807) is 4.52 Å². The highest BCUT2D eigenvalue weighted by molar-refractivity contribution is 9.10. The third-order valence-electron chi connectivity index (χ3n) is 7.09. The Labute approximate surface area is 239 Å². The first kappa shape index (κ1) is 26.4. The maximum atomic E-state index is 13.6. The predicted molar refractivity (Wildman–Crippen MR) is 143 cm³/mol. The average Bonchev–Trinajstić information content (AvgIpc) is 3.67. The first-order chi connectivity index (χ1) is 19.1. The van der Waals surface area contributed by atoms with Crippen LogP contribution in [0.2, 0.25) is 0 Å². The van der Waals surface area contributed by atoms with E-state index in [-0.39, 0.29) is 23.8 Å². The third kappa shape index (κ3) is 4.06. The van der Waals surface area contributed by atoms with E-state index in [0.29, 0.717) is 11.3 Å².